The fourth-order valence-corrected chi connectivity index (χ4v) is 2.88. The van der Waals surface area contributed by atoms with Crippen LogP contribution in [0.3, 0.4) is 0 Å². The molecule has 1 atom stereocenters. The third kappa shape index (κ3) is 4.13. The van der Waals surface area contributed by atoms with Crippen LogP contribution >= 0.6 is 0 Å². The van der Waals surface area contributed by atoms with Gasteiger partial charge in [0.05, 0.1) is 0 Å². The van der Waals surface area contributed by atoms with Crippen LogP contribution < -0.4 is 10.6 Å². The lowest BCUT2D eigenvalue weighted by atomic mass is 10.0. The fourth-order valence-electron chi connectivity index (χ4n) is 2.88. The van der Waals surface area contributed by atoms with Crippen molar-refractivity contribution in [2.45, 2.75) is 47.1 Å². The van der Waals surface area contributed by atoms with Gasteiger partial charge in [-0.1, -0.05) is 42.8 Å². The Hall–Kier alpha value is -2.29. The van der Waals surface area contributed by atoms with E-state index >= 15 is 0 Å². The molecule has 0 aromatic heterocycles. The van der Waals surface area contributed by atoms with Crippen molar-refractivity contribution in [3.05, 3.63) is 58.7 Å². The Labute approximate surface area is 139 Å². The van der Waals surface area contributed by atoms with E-state index in [2.05, 4.69) is 42.7 Å². The van der Waals surface area contributed by atoms with Gasteiger partial charge in [-0.2, -0.15) is 0 Å². The van der Waals surface area contributed by atoms with E-state index in [9.17, 15) is 4.79 Å². The van der Waals surface area contributed by atoms with E-state index < -0.39 is 0 Å². The van der Waals surface area contributed by atoms with Gasteiger partial charge in [0.1, 0.15) is 6.04 Å². The van der Waals surface area contributed by atoms with E-state index in [0.29, 0.717) is 0 Å². The van der Waals surface area contributed by atoms with Crippen LogP contribution in [0.1, 0.15) is 36.1 Å². The van der Waals surface area contributed by atoms with Crippen LogP contribution in [0.2, 0.25) is 0 Å². The number of amides is 1. The first-order valence-electron chi connectivity index (χ1n) is 8.15. The molecule has 0 unspecified atom stereocenters. The third-order valence-corrected chi connectivity index (χ3v) is 4.09. The van der Waals surface area contributed by atoms with Crippen LogP contribution in [0.5, 0.6) is 0 Å². The van der Waals surface area contributed by atoms with Crippen molar-refractivity contribution in [2.75, 3.05) is 10.6 Å². The van der Waals surface area contributed by atoms with Crippen molar-refractivity contribution in [2.24, 2.45) is 0 Å². The van der Waals surface area contributed by atoms with Crippen LogP contribution in [0.4, 0.5) is 11.4 Å². The van der Waals surface area contributed by atoms with Crippen LogP contribution in [0.15, 0.2) is 36.4 Å². The molecule has 2 aromatic rings. The number of hydrogen-bond acceptors (Lipinski definition) is 2. The average molecular weight is 310 g/mol. The number of para-hydroxylation sites is 1. The summed E-state index contributed by atoms with van der Waals surface area (Å²) < 4.78 is 0. The summed E-state index contributed by atoms with van der Waals surface area (Å²) in [5, 5.41) is 6.38. The lowest BCUT2D eigenvalue weighted by Crippen LogP contribution is -2.32. The summed E-state index contributed by atoms with van der Waals surface area (Å²) in [6.07, 6.45) is 0.938. The Morgan fingerprint density at radius 3 is 2.30 bits per heavy atom. The zero-order chi connectivity index (χ0) is 17.0. The second-order valence-corrected chi connectivity index (χ2v) is 6.14. The molecule has 0 radical (unpaired) electrons. The highest BCUT2D eigenvalue weighted by Gasteiger charge is 2.16. The normalized spacial score (nSPS) is 11.9. The van der Waals surface area contributed by atoms with Crippen LogP contribution in [-0.4, -0.2) is 11.9 Å². The Bertz CT molecular complexity index is 684. The largest absolute Gasteiger partial charge is 0.374 e. The molecule has 0 aliphatic heterocycles. The molecule has 0 saturated carbocycles. The molecule has 0 saturated heterocycles. The standard InChI is InChI=1S/C20H26N2O/c1-6-17-9-7-8-10-18(17)21-16(5)20(23)22-19-14(3)11-13(2)12-15(19)4/h7-12,16,21H,6H2,1-5H3,(H,22,23)/t16-/m0/s1. The molecule has 0 heterocycles. The molecule has 2 rings (SSSR count). The van der Waals surface area contributed by atoms with Gasteiger partial charge >= 0.3 is 0 Å². The summed E-state index contributed by atoms with van der Waals surface area (Å²) in [6.45, 7) is 10.1. The summed E-state index contributed by atoms with van der Waals surface area (Å²) in [6, 6.07) is 12.0. The first-order chi connectivity index (χ1) is 10.9. The number of carbonyl (C=O) groups is 1. The lowest BCUT2D eigenvalue weighted by molar-refractivity contribution is -0.116. The van der Waals surface area contributed by atoms with Crippen molar-refractivity contribution in [3.63, 3.8) is 0 Å². The molecule has 3 nitrogen and oxygen atoms in total. The monoisotopic (exact) mass is 310 g/mol. The minimum atomic E-state index is -0.303. The van der Waals surface area contributed by atoms with Crippen molar-refractivity contribution in [3.8, 4) is 0 Å². The lowest BCUT2D eigenvalue weighted by Gasteiger charge is -2.19. The van der Waals surface area contributed by atoms with Gasteiger partial charge in [0.2, 0.25) is 5.91 Å². The summed E-state index contributed by atoms with van der Waals surface area (Å²) in [7, 11) is 0. The van der Waals surface area contributed by atoms with Gasteiger partial charge in [0.25, 0.3) is 0 Å². The van der Waals surface area contributed by atoms with Crippen LogP contribution in [-0.2, 0) is 11.2 Å². The highest BCUT2D eigenvalue weighted by Crippen LogP contribution is 2.23. The maximum atomic E-state index is 12.5. The van der Waals surface area contributed by atoms with E-state index in [1.807, 2.05) is 39.0 Å². The van der Waals surface area contributed by atoms with Crippen molar-refractivity contribution >= 4 is 17.3 Å². The van der Waals surface area contributed by atoms with Gasteiger partial charge in [-0.05, 0) is 56.9 Å². The highest BCUT2D eigenvalue weighted by molar-refractivity contribution is 5.97. The van der Waals surface area contributed by atoms with Crippen molar-refractivity contribution in [1.29, 1.82) is 0 Å². The molecular weight excluding hydrogens is 284 g/mol. The molecule has 2 aromatic carbocycles. The molecule has 1 amide bonds. The predicted molar refractivity (Wildman–Crippen MR) is 98.2 cm³/mol. The smallest absolute Gasteiger partial charge is 0.246 e. The predicted octanol–water partition coefficient (Wildman–Crippen LogP) is 4.61. The molecule has 0 aliphatic rings. The molecule has 23 heavy (non-hydrogen) atoms. The van der Waals surface area contributed by atoms with Gasteiger partial charge in [-0.15, -0.1) is 0 Å². The number of carbonyl (C=O) groups excluding carboxylic acids is 1. The van der Waals surface area contributed by atoms with Gasteiger partial charge in [0.15, 0.2) is 0 Å². The van der Waals surface area contributed by atoms with Gasteiger partial charge in [-0.3, -0.25) is 4.79 Å². The minimum Gasteiger partial charge on any atom is -0.374 e. The summed E-state index contributed by atoms with van der Waals surface area (Å²) in [5.41, 5.74) is 6.55. The number of aryl methyl sites for hydroxylation is 4. The Kier molecular flexibility index (Phi) is 5.43. The van der Waals surface area contributed by atoms with Crippen LogP contribution in [0, 0.1) is 20.8 Å². The number of nitrogens with one attached hydrogen (secondary N) is 2. The second-order valence-electron chi connectivity index (χ2n) is 6.14. The van der Waals surface area contributed by atoms with E-state index in [1.165, 1.54) is 11.1 Å². The number of anilines is 2. The number of rotatable bonds is 5. The summed E-state index contributed by atoms with van der Waals surface area (Å²) in [4.78, 5) is 12.5. The molecule has 122 valence electrons. The van der Waals surface area contributed by atoms with Gasteiger partial charge in [-0.25, -0.2) is 0 Å². The van der Waals surface area contributed by atoms with Crippen molar-refractivity contribution < 1.29 is 4.79 Å². The highest BCUT2D eigenvalue weighted by atomic mass is 16.2. The van der Waals surface area contributed by atoms with Gasteiger partial charge in [0, 0.05) is 11.4 Å². The Balaban J connectivity index is 2.12. The zero-order valence-electron chi connectivity index (χ0n) is 14.7. The van der Waals surface area contributed by atoms with Crippen molar-refractivity contribution in [1.82, 2.24) is 0 Å². The number of hydrogen-bond donors (Lipinski definition) is 2. The molecule has 2 N–H and O–H groups in total. The molecule has 0 aliphatic carbocycles. The molecule has 3 heteroatoms. The van der Waals surface area contributed by atoms with E-state index in [-0.39, 0.29) is 11.9 Å². The zero-order valence-corrected chi connectivity index (χ0v) is 14.7. The topological polar surface area (TPSA) is 41.1 Å². The van der Waals surface area contributed by atoms with E-state index in [4.69, 9.17) is 0 Å². The average Bonchev–Trinajstić information content (AvgIpc) is 2.51. The second kappa shape index (κ2) is 7.32. The molecule has 0 fully saturated rings. The Morgan fingerprint density at radius 1 is 1.09 bits per heavy atom. The quantitative estimate of drug-likeness (QED) is 0.846. The molecule has 0 bridgehead atoms. The first kappa shape index (κ1) is 17.1. The van der Waals surface area contributed by atoms with Gasteiger partial charge < -0.3 is 10.6 Å². The van der Waals surface area contributed by atoms with E-state index in [0.717, 1.165) is 28.9 Å². The first-order valence-corrected chi connectivity index (χ1v) is 8.15. The molecular formula is C20H26N2O. The van der Waals surface area contributed by atoms with E-state index in [1.54, 1.807) is 0 Å². The maximum Gasteiger partial charge on any atom is 0.246 e. The maximum absolute atomic E-state index is 12.5. The summed E-state index contributed by atoms with van der Waals surface area (Å²) >= 11 is 0. The fraction of sp³-hybridized carbons (Fsp3) is 0.350. The number of benzene rings is 2. The third-order valence-electron chi connectivity index (χ3n) is 4.09. The van der Waals surface area contributed by atoms with Crippen LogP contribution in [0.25, 0.3) is 0 Å². The Morgan fingerprint density at radius 2 is 1.70 bits per heavy atom. The summed E-state index contributed by atoms with van der Waals surface area (Å²) in [5.74, 6) is -0.0223. The minimum absolute atomic E-state index is 0.0223. The SMILES string of the molecule is CCc1ccccc1N[C@@H](C)C(=O)Nc1c(C)cc(C)cc1C. The molecule has 0 spiro atoms.